The first kappa shape index (κ1) is 14.4. The molecule has 1 heterocycles. The molecule has 0 saturated carbocycles. The molecule has 5 nitrogen and oxygen atoms in total. The molecule has 3 rings (SSSR count). The van der Waals surface area contributed by atoms with Gasteiger partial charge >= 0.3 is 0 Å². The topological polar surface area (TPSA) is 59.9 Å². The number of hydrogen-bond donors (Lipinski definition) is 1. The van der Waals surface area contributed by atoms with E-state index in [4.69, 9.17) is 21.1 Å². The summed E-state index contributed by atoms with van der Waals surface area (Å²) in [6, 6.07) is 12.2. The van der Waals surface area contributed by atoms with Gasteiger partial charge in [0.1, 0.15) is 0 Å². The molecule has 0 unspecified atom stereocenters. The van der Waals surface area contributed by atoms with Gasteiger partial charge in [-0.3, -0.25) is 4.79 Å². The van der Waals surface area contributed by atoms with Crippen LogP contribution in [0.2, 0.25) is 5.02 Å². The number of hydrazone groups is 1. The predicted octanol–water partition coefficient (Wildman–Crippen LogP) is 3.22. The number of nitrogens with zero attached hydrogens (tertiary/aromatic N) is 1. The van der Waals surface area contributed by atoms with E-state index in [1.165, 1.54) is 0 Å². The number of halogens is 1. The van der Waals surface area contributed by atoms with E-state index in [1.54, 1.807) is 30.3 Å². The summed E-state index contributed by atoms with van der Waals surface area (Å²) in [5.74, 6) is 0.884. The summed E-state index contributed by atoms with van der Waals surface area (Å²) < 4.78 is 10.5. The van der Waals surface area contributed by atoms with Crippen LogP contribution in [0.4, 0.5) is 0 Å². The number of carbonyl (C=O) groups excluding carboxylic acids is 1. The van der Waals surface area contributed by atoms with Crippen LogP contribution in [-0.4, -0.2) is 18.4 Å². The van der Waals surface area contributed by atoms with E-state index >= 15 is 0 Å². The minimum atomic E-state index is -0.313. The van der Waals surface area contributed by atoms with E-state index in [-0.39, 0.29) is 12.7 Å². The van der Waals surface area contributed by atoms with Crippen LogP contribution in [0, 0.1) is 0 Å². The maximum atomic E-state index is 12.1. The minimum Gasteiger partial charge on any atom is -0.454 e. The van der Waals surface area contributed by atoms with Gasteiger partial charge in [0, 0.05) is 10.6 Å². The molecule has 0 aliphatic carbocycles. The van der Waals surface area contributed by atoms with Crippen molar-refractivity contribution in [3.63, 3.8) is 0 Å². The van der Waals surface area contributed by atoms with E-state index in [0.717, 1.165) is 5.56 Å². The lowest BCUT2D eigenvalue weighted by molar-refractivity contribution is 0.0954. The Morgan fingerprint density at radius 1 is 1.09 bits per heavy atom. The molecular weight excluding hydrogens is 304 g/mol. The summed E-state index contributed by atoms with van der Waals surface area (Å²) in [5.41, 5.74) is 4.55. The molecule has 0 atom stereocenters. The summed E-state index contributed by atoms with van der Waals surface area (Å²) in [7, 11) is 0. The zero-order valence-corrected chi connectivity index (χ0v) is 12.6. The maximum Gasteiger partial charge on any atom is 0.271 e. The minimum absolute atomic E-state index is 0.175. The average molecular weight is 317 g/mol. The number of fused-ring (bicyclic) bond motifs is 1. The number of amides is 1. The molecule has 22 heavy (non-hydrogen) atoms. The molecule has 0 bridgehead atoms. The Morgan fingerprint density at radius 2 is 1.77 bits per heavy atom. The third kappa shape index (κ3) is 3.04. The predicted molar refractivity (Wildman–Crippen MR) is 83.7 cm³/mol. The molecule has 2 aromatic carbocycles. The second-order valence-electron chi connectivity index (χ2n) is 4.71. The van der Waals surface area contributed by atoms with Gasteiger partial charge in [0.15, 0.2) is 11.5 Å². The number of rotatable bonds is 3. The van der Waals surface area contributed by atoms with E-state index in [9.17, 15) is 4.79 Å². The second-order valence-corrected chi connectivity index (χ2v) is 5.15. The summed E-state index contributed by atoms with van der Waals surface area (Å²) in [6.07, 6.45) is 0. The van der Waals surface area contributed by atoms with Crippen LogP contribution >= 0.6 is 11.6 Å². The standard InChI is InChI=1S/C16H13ClN2O3/c1-10(11-2-5-13(17)6-3-11)18-19-16(20)12-4-7-14-15(8-12)22-9-21-14/h2-8H,9H2,1H3,(H,19,20)/b18-10+. The third-order valence-corrected chi connectivity index (χ3v) is 3.47. The van der Waals surface area contributed by atoms with Crippen LogP contribution in [0.5, 0.6) is 11.5 Å². The van der Waals surface area contributed by atoms with Crippen molar-refractivity contribution in [2.24, 2.45) is 5.10 Å². The molecule has 6 heteroatoms. The number of benzene rings is 2. The SMILES string of the molecule is C/C(=N\NC(=O)c1ccc2c(c1)OCO2)c1ccc(Cl)cc1. The highest BCUT2D eigenvalue weighted by Gasteiger charge is 2.16. The van der Waals surface area contributed by atoms with Crippen molar-refractivity contribution in [1.29, 1.82) is 0 Å². The lowest BCUT2D eigenvalue weighted by Gasteiger charge is -2.04. The Bertz CT molecular complexity index is 742. The molecule has 1 N–H and O–H groups in total. The van der Waals surface area contributed by atoms with Crippen LogP contribution in [0.1, 0.15) is 22.8 Å². The molecule has 1 aliphatic heterocycles. The maximum absolute atomic E-state index is 12.1. The zero-order valence-electron chi connectivity index (χ0n) is 11.8. The molecule has 112 valence electrons. The Labute approximate surface area is 132 Å². The summed E-state index contributed by atoms with van der Waals surface area (Å²) in [6.45, 7) is 1.98. The molecule has 2 aromatic rings. The van der Waals surface area contributed by atoms with Crippen LogP contribution in [0.15, 0.2) is 47.6 Å². The van der Waals surface area contributed by atoms with Crippen molar-refractivity contribution >= 4 is 23.2 Å². The van der Waals surface area contributed by atoms with Gasteiger partial charge in [-0.05, 0) is 42.8 Å². The van der Waals surface area contributed by atoms with E-state index in [1.807, 2.05) is 19.1 Å². The molecule has 0 spiro atoms. The highest BCUT2D eigenvalue weighted by molar-refractivity contribution is 6.30. The molecule has 1 amide bonds. The van der Waals surface area contributed by atoms with Crippen LogP contribution < -0.4 is 14.9 Å². The summed E-state index contributed by atoms with van der Waals surface area (Å²) in [4.78, 5) is 12.1. The van der Waals surface area contributed by atoms with Crippen LogP contribution in [0.25, 0.3) is 0 Å². The van der Waals surface area contributed by atoms with E-state index in [2.05, 4.69) is 10.5 Å². The molecule has 0 radical (unpaired) electrons. The van der Waals surface area contributed by atoms with Crippen molar-refractivity contribution in [3.05, 3.63) is 58.6 Å². The molecule has 0 aromatic heterocycles. The fraction of sp³-hybridized carbons (Fsp3) is 0.125. The highest BCUT2D eigenvalue weighted by atomic mass is 35.5. The van der Waals surface area contributed by atoms with Gasteiger partial charge in [-0.1, -0.05) is 23.7 Å². The fourth-order valence-electron chi connectivity index (χ4n) is 1.99. The monoisotopic (exact) mass is 316 g/mol. The van der Waals surface area contributed by atoms with Gasteiger partial charge in [0.2, 0.25) is 6.79 Å². The van der Waals surface area contributed by atoms with Crippen molar-refractivity contribution in [1.82, 2.24) is 5.43 Å². The van der Waals surface area contributed by atoms with Gasteiger partial charge in [-0.2, -0.15) is 5.10 Å². The summed E-state index contributed by atoms with van der Waals surface area (Å²) >= 11 is 5.84. The number of ether oxygens (including phenoxy) is 2. The Balaban J connectivity index is 1.71. The first-order valence-corrected chi connectivity index (χ1v) is 7.01. The molecule has 0 fully saturated rings. The Morgan fingerprint density at radius 3 is 2.55 bits per heavy atom. The van der Waals surface area contributed by atoms with Crippen molar-refractivity contribution in [2.45, 2.75) is 6.92 Å². The lowest BCUT2D eigenvalue weighted by Crippen LogP contribution is -2.19. The van der Waals surface area contributed by atoms with Crippen molar-refractivity contribution in [3.8, 4) is 11.5 Å². The quantitative estimate of drug-likeness (QED) is 0.698. The average Bonchev–Trinajstić information content (AvgIpc) is 3.00. The number of carbonyl (C=O) groups is 1. The van der Waals surface area contributed by atoms with Gasteiger partial charge in [-0.15, -0.1) is 0 Å². The van der Waals surface area contributed by atoms with Crippen molar-refractivity contribution in [2.75, 3.05) is 6.79 Å². The first-order chi connectivity index (χ1) is 10.6. The highest BCUT2D eigenvalue weighted by Crippen LogP contribution is 2.32. The zero-order chi connectivity index (χ0) is 15.5. The Hall–Kier alpha value is -2.53. The third-order valence-electron chi connectivity index (χ3n) is 3.22. The van der Waals surface area contributed by atoms with Gasteiger partial charge in [0.05, 0.1) is 5.71 Å². The second kappa shape index (κ2) is 6.07. The van der Waals surface area contributed by atoms with Gasteiger partial charge < -0.3 is 9.47 Å². The number of hydrogen-bond acceptors (Lipinski definition) is 4. The van der Waals surface area contributed by atoms with Crippen molar-refractivity contribution < 1.29 is 14.3 Å². The Kier molecular flexibility index (Phi) is 3.98. The van der Waals surface area contributed by atoms with Gasteiger partial charge in [-0.25, -0.2) is 5.43 Å². The number of nitrogens with one attached hydrogen (secondary N) is 1. The smallest absolute Gasteiger partial charge is 0.271 e. The van der Waals surface area contributed by atoms with Crippen LogP contribution in [-0.2, 0) is 0 Å². The van der Waals surface area contributed by atoms with E-state index in [0.29, 0.717) is 27.8 Å². The normalized spacial score (nSPS) is 13.1. The summed E-state index contributed by atoms with van der Waals surface area (Å²) in [5, 5.41) is 4.75. The van der Waals surface area contributed by atoms with Gasteiger partial charge in [0.25, 0.3) is 5.91 Å². The molecule has 1 aliphatic rings. The first-order valence-electron chi connectivity index (χ1n) is 6.64. The van der Waals surface area contributed by atoms with E-state index < -0.39 is 0 Å². The fourth-order valence-corrected chi connectivity index (χ4v) is 2.12. The largest absolute Gasteiger partial charge is 0.454 e. The lowest BCUT2D eigenvalue weighted by atomic mass is 10.1. The van der Waals surface area contributed by atoms with Crippen LogP contribution in [0.3, 0.4) is 0 Å². The molecule has 0 saturated heterocycles. The molecular formula is C16H13ClN2O3.